The fraction of sp³-hybridized carbons (Fsp3) is 0.583. The zero-order valence-electron chi connectivity index (χ0n) is 11.1. The molecule has 20 heavy (non-hydrogen) atoms. The van der Waals surface area contributed by atoms with Crippen molar-refractivity contribution in [2.24, 2.45) is 0 Å². The second-order valence-electron chi connectivity index (χ2n) is 4.57. The van der Waals surface area contributed by atoms with Crippen molar-refractivity contribution in [1.82, 2.24) is 14.9 Å². The van der Waals surface area contributed by atoms with Gasteiger partial charge in [-0.2, -0.15) is 5.26 Å². The van der Waals surface area contributed by atoms with E-state index in [0.29, 0.717) is 11.4 Å². The molecular formula is C12H18N4O2S2. The lowest BCUT2D eigenvalue weighted by atomic mass is 10.3. The van der Waals surface area contributed by atoms with Crippen molar-refractivity contribution in [3.63, 3.8) is 0 Å². The van der Waals surface area contributed by atoms with Crippen LogP contribution in [0.1, 0.15) is 11.3 Å². The molecule has 0 unspecified atom stereocenters. The summed E-state index contributed by atoms with van der Waals surface area (Å²) in [6.45, 7) is 5.35. The summed E-state index contributed by atoms with van der Waals surface area (Å²) in [6, 6.07) is 4.95. The van der Waals surface area contributed by atoms with Crippen molar-refractivity contribution in [3.8, 4) is 6.07 Å². The minimum absolute atomic E-state index is 0.205. The Morgan fingerprint density at radius 3 is 2.80 bits per heavy atom. The summed E-state index contributed by atoms with van der Waals surface area (Å²) in [5, 5.41) is 12.0. The molecule has 110 valence electrons. The summed E-state index contributed by atoms with van der Waals surface area (Å²) in [4.78, 5) is 2.73. The van der Waals surface area contributed by atoms with Crippen LogP contribution in [0.5, 0.6) is 0 Å². The fourth-order valence-electron chi connectivity index (χ4n) is 2.04. The molecule has 1 saturated heterocycles. The molecule has 2 heterocycles. The maximum atomic E-state index is 12.0. The molecule has 0 spiro atoms. The van der Waals surface area contributed by atoms with Crippen LogP contribution in [0.2, 0.25) is 0 Å². The molecule has 0 bridgehead atoms. The lowest BCUT2D eigenvalue weighted by Crippen LogP contribution is -2.44. The van der Waals surface area contributed by atoms with Gasteiger partial charge in [-0.25, -0.2) is 13.1 Å². The molecule has 0 radical (unpaired) electrons. The zero-order valence-corrected chi connectivity index (χ0v) is 12.8. The lowest BCUT2D eigenvalue weighted by molar-refractivity contribution is 0.239. The van der Waals surface area contributed by atoms with Gasteiger partial charge in [0.1, 0.15) is 15.2 Å². The Bertz CT molecular complexity index is 571. The smallest absolute Gasteiger partial charge is 0.250 e. The van der Waals surface area contributed by atoms with E-state index < -0.39 is 10.0 Å². The number of rotatable bonds is 6. The first kappa shape index (κ1) is 15.4. The molecular weight excluding hydrogens is 296 g/mol. The van der Waals surface area contributed by atoms with Gasteiger partial charge in [-0.15, -0.1) is 11.3 Å². The van der Waals surface area contributed by atoms with Gasteiger partial charge in [0.05, 0.1) is 0 Å². The van der Waals surface area contributed by atoms with E-state index in [9.17, 15) is 8.42 Å². The number of nitrogens with one attached hydrogen (secondary N) is 2. The molecule has 1 aromatic rings. The third kappa shape index (κ3) is 4.26. The first-order valence-corrected chi connectivity index (χ1v) is 8.84. The summed E-state index contributed by atoms with van der Waals surface area (Å²) < 4.78 is 26.7. The summed E-state index contributed by atoms with van der Waals surface area (Å²) in [5.74, 6) is 0. The van der Waals surface area contributed by atoms with E-state index in [1.165, 1.54) is 12.1 Å². The Morgan fingerprint density at radius 1 is 1.40 bits per heavy atom. The van der Waals surface area contributed by atoms with Crippen LogP contribution in [0.15, 0.2) is 16.3 Å². The van der Waals surface area contributed by atoms with Gasteiger partial charge in [-0.3, -0.25) is 0 Å². The first-order valence-electron chi connectivity index (χ1n) is 6.54. The highest BCUT2D eigenvalue weighted by molar-refractivity contribution is 7.91. The summed E-state index contributed by atoms with van der Waals surface area (Å²) in [6.07, 6.45) is 0.787. The minimum Gasteiger partial charge on any atom is -0.314 e. The van der Waals surface area contributed by atoms with Crippen LogP contribution in [0.25, 0.3) is 0 Å². The molecule has 1 aliphatic heterocycles. The quantitative estimate of drug-likeness (QED) is 0.732. The highest BCUT2D eigenvalue weighted by atomic mass is 32.2. The van der Waals surface area contributed by atoms with Crippen molar-refractivity contribution in [3.05, 3.63) is 17.0 Å². The van der Waals surface area contributed by atoms with Gasteiger partial charge in [-0.1, -0.05) is 0 Å². The molecule has 0 aliphatic carbocycles. The molecule has 8 heteroatoms. The second kappa shape index (κ2) is 7.15. The van der Waals surface area contributed by atoms with E-state index in [2.05, 4.69) is 14.9 Å². The van der Waals surface area contributed by atoms with E-state index >= 15 is 0 Å². The van der Waals surface area contributed by atoms with E-state index in [1.54, 1.807) is 0 Å². The molecule has 1 fully saturated rings. The van der Waals surface area contributed by atoms with Gasteiger partial charge in [-0.05, 0) is 25.1 Å². The van der Waals surface area contributed by atoms with Crippen LogP contribution < -0.4 is 10.0 Å². The van der Waals surface area contributed by atoms with Crippen LogP contribution in [0.4, 0.5) is 0 Å². The topological polar surface area (TPSA) is 85.2 Å². The fourth-order valence-corrected chi connectivity index (χ4v) is 4.26. The van der Waals surface area contributed by atoms with Gasteiger partial charge < -0.3 is 10.2 Å². The van der Waals surface area contributed by atoms with Crippen LogP contribution >= 0.6 is 11.3 Å². The Morgan fingerprint density at radius 2 is 2.15 bits per heavy atom. The summed E-state index contributed by atoms with van der Waals surface area (Å²) in [5.41, 5.74) is 0. The average Bonchev–Trinajstić information content (AvgIpc) is 2.95. The molecule has 2 N–H and O–H groups in total. The Labute approximate surface area is 123 Å². The van der Waals surface area contributed by atoms with Gasteiger partial charge in [0.15, 0.2) is 0 Å². The number of sulfonamides is 1. The molecule has 0 amide bonds. The van der Waals surface area contributed by atoms with E-state index in [1.807, 2.05) is 6.07 Å². The van der Waals surface area contributed by atoms with Crippen molar-refractivity contribution in [2.45, 2.75) is 10.6 Å². The lowest BCUT2D eigenvalue weighted by Gasteiger charge is -2.26. The van der Waals surface area contributed by atoms with E-state index in [0.717, 1.165) is 50.5 Å². The van der Waals surface area contributed by atoms with Crippen LogP contribution in [0.3, 0.4) is 0 Å². The van der Waals surface area contributed by atoms with E-state index in [4.69, 9.17) is 5.26 Å². The SMILES string of the molecule is N#Cc1ccc(S(=O)(=O)NCCCN2CCNCC2)s1. The molecule has 6 nitrogen and oxygen atoms in total. The minimum atomic E-state index is -3.47. The number of nitriles is 1. The number of hydrogen-bond donors (Lipinski definition) is 2. The van der Waals surface area contributed by atoms with Crippen molar-refractivity contribution < 1.29 is 8.42 Å². The van der Waals surface area contributed by atoms with Crippen molar-refractivity contribution in [1.29, 1.82) is 5.26 Å². The van der Waals surface area contributed by atoms with E-state index in [-0.39, 0.29) is 4.21 Å². The van der Waals surface area contributed by atoms with Crippen LogP contribution in [-0.2, 0) is 10.0 Å². The molecule has 0 atom stereocenters. The predicted molar refractivity (Wildman–Crippen MR) is 78.1 cm³/mol. The molecule has 0 aromatic carbocycles. The third-order valence-electron chi connectivity index (χ3n) is 3.11. The standard InChI is InChI=1S/C12H18N4O2S2/c13-10-11-2-3-12(19-11)20(17,18)15-4-1-7-16-8-5-14-6-9-16/h2-3,14-15H,1,4-9H2. The molecule has 0 saturated carbocycles. The largest absolute Gasteiger partial charge is 0.314 e. The summed E-state index contributed by atoms with van der Waals surface area (Å²) in [7, 11) is -3.47. The molecule has 1 aromatic heterocycles. The van der Waals surface area contributed by atoms with Gasteiger partial charge >= 0.3 is 0 Å². The Hall–Kier alpha value is -0.980. The highest BCUT2D eigenvalue weighted by Crippen LogP contribution is 2.20. The number of hydrogen-bond acceptors (Lipinski definition) is 6. The first-order chi connectivity index (χ1) is 9.62. The highest BCUT2D eigenvalue weighted by Gasteiger charge is 2.16. The Balaban J connectivity index is 1.76. The molecule has 2 rings (SSSR count). The van der Waals surface area contributed by atoms with Crippen LogP contribution in [0, 0.1) is 11.3 Å². The Kier molecular flexibility index (Phi) is 5.51. The molecule has 1 aliphatic rings. The third-order valence-corrected chi connectivity index (χ3v) is 6.05. The number of thiophene rings is 1. The van der Waals surface area contributed by atoms with Gasteiger partial charge in [0.2, 0.25) is 10.0 Å². The summed E-state index contributed by atoms with van der Waals surface area (Å²) >= 11 is 0.996. The van der Waals surface area contributed by atoms with Gasteiger partial charge in [0.25, 0.3) is 0 Å². The van der Waals surface area contributed by atoms with Crippen LogP contribution in [-0.4, -0.2) is 52.6 Å². The van der Waals surface area contributed by atoms with Crippen molar-refractivity contribution in [2.75, 3.05) is 39.3 Å². The monoisotopic (exact) mass is 314 g/mol. The second-order valence-corrected chi connectivity index (χ2v) is 7.65. The normalized spacial score (nSPS) is 16.9. The zero-order chi connectivity index (χ0) is 14.4. The van der Waals surface area contributed by atoms with Crippen molar-refractivity contribution >= 4 is 21.4 Å². The number of piperazine rings is 1. The van der Waals surface area contributed by atoms with Gasteiger partial charge in [0, 0.05) is 32.7 Å². The maximum absolute atomic E-state index is 12.0. The number of nitrogens with zero attached hydrogens (tertiary/aromatic N) is 2. The predicted octanol–water partition coefficient (Wildman–Crippen LogP) is 0.193. The maximum Gasteiger partial charge on any atom is 0.250 e. The average molecular weight is 314 g/mol.